The number of aromatic amines is 1. The predicted molar refractivity (Wildman–Crippen MR) is 105 cm³/mol. The number of carbonyl (C=O) groups is 1. The van der Waals surface area contributed by atoms with Crippen molar-refractivity contribution in [1.82, 2.24) is 19.6 Å². The van der Waals surface area contributed by atoms with Gasteiger partial charge in [-0.2, -0.15) is 0 Å². The molecule has 0 bridgehead atoms. The largest absolute Gasteiger partial charge is 0.341 e. The third-order valence-electron chi connectivity index (χ3n) is 5.12. The van der Waals surface area contributed by atoms with E-state index in [9.17, 15) is 17.6 Å². The van der Waals surface area contributed by atoms with Gasteiger partial charge in [-0.1, -0.05) is 13.3 Å². The molecule has 152 valence electrons. The maximum atomic E-state index is 13.1. The second-order valence-corrected chi connectivity index (χ2v) is 9.05. The molecule has 0 saturated carbocycles. The number of aryl methyl sites for hydroxylation is 1. The number of benzene rings is 1. The smallest absolute Gasteiger partial charge is 0.274 e. The van der Waals surface area contributed by atoms with E-state index in [1.807, 2.05) is 6.92 Å². The molecular weight excluding hydrogens is 383 g/mol. The Labute approximate surface area is 164 Å². The highest BCUT2D eigenvalue weighted by Gasteiger charge is 2.33. The Kier molecular flexibility index (Phi) is 5.85. The SMILES string of the molecule is CC[C@@H]1CN(C(=O)c2nc(-c3ccc(F)cc3)[nH]c2C)CC[C@@H]1NS(C)(=O)=O. The van der Waals surface area contributed by atoms with Crippen LogP contribution in [0, 0.1) is 18.7 Å². The number of H-pyrrole nitrogens is 1. The number of sulfonamides is 1. The topological polar surface area (TPSA) is 95.2 Å². The van der Waals surface area contributed by atoms with Crippen molar-refractivity contribution >= 4 is 15.9 Å². The normalized spacial score (nSPS) is 20.4. The molecule has 1 aliphatic rings. The highest BCUT2D eigenvalue weighted by Crippen LogP contribution is 2.24. The molecule has 1 aromatic heterocycles. The first-order valence-electron chi connectivity index (χ1n) is 9.27. The number of carbonyl (C=O) groups excluding carboxylic acids is 1. The van der Waals surface area contributed by atoms with Gasteiger partial charge < -0.3 is 9.88 Å². The number of imidazole rings is 1. The van der Waals surface area contributed by atoms with E-state index in [0.29, 0.717) is 42.3 Å². The molecule has 0 radical (unpaired) electrons. The molecule has 7 nitrogen and oxygen atoms in total. The van der Waals surface area contributed by atoms with Crippen molar-refractivity contribution in [1.29, 1.82) is 0 Å². The molecule has 1 amide bonds. The van der Waals surface area contributed by atoms with Crippen LogP contribution in [0.4, 0.5) is 4.39 Å². The molecule has 28 heavy (non-hydrogen) atoms. The first-order chi connectivity index (χ1) is 13.2. The van der Waals surface area contributed by atoms with Crippen LogP contribution in [-0.2, 0) is 10.0 Å². The Bertz CT molecular complexity index is 956. The molecule has 1 aliphatic heterocycles. The molecule has 1 fully saturated rings. The zero-order chi connectivity index (χ0) is 20.5. The van der Waals surface area contributed by atoms with E-state index in [4.69, 9.17) is 0 Å². The number of nitrogens with one attached hydrogen (secondary N) is 2. The summed E-state index contributed by atoms with van der Waals surface area (Å²) in [5, 5.41) is 0. The third-order valence-corrected chi connectivity index (χ3v) is 5.85. The summed E-state index contributed by atoms with van der Waals surface area (Å²) < 4.78 is 39.0. The van der Waals surface area contributed by atoms with E-state index in [0.717, 1.165) is 12.7 Å². The number of nitrogens with zero attached hydrogens (tertiary/aromatic N) is 2. The van der Waals surface area contributed by atoms with E-state index in [-0.39, 0.29) is 23.7 Å². The Balaban J connectivity index is 1.76. The number of amides is 1. The summed E-state index contributed by atoms with van der Waals surface area (Å²) in [7, 11) is -3.29. The lowest BCUT2D eigenvalue weighted by Gasteiger charge is -2.38. The van der Waals surface area contributed by atoms with Gasteiger partial charge in [-0.05, 0) is 43.5 Å². The molecule has 0 unspecified atom stereocenters. The first-order valence-corrected chi connectivity index (χ1v) is 11.2. The second-order valence-electron chi connectivity index (χ2n) is 7.27. The fourth-order valence-corrected chi connectivity index (χ4v) is 4.48. The summed E-state index contributed by atoms with van der Waals surface area (Å²) in [6, 6.07) is 5.74. The van der Waals surface area contributed by atoms with E-state index in [1.54, 1.807) is 24.0 Å². The summed E-state index contributed by atoms with van der Waals surface area (Å²) in [6.07, 6.45) is 2.48. The van der Waals surface area contributed by atoms with Gasteiger partial charge in [0.15, 0.2) is 0 Å². The second kappa shape index (κ2) is 8.00. The molecule has 2 N–H and O–H groups in total. The number of piperidine rings is 1. The van der Waals surface area contributed by atoms with Crippen LogP contribution in [0.25, 0.3) is 11.4 Å². The van der Waals surface area contributed by atoms with Crippen LogP contribution in [0.3, 0.4) is 0 Å². The van der Waals surface area contributed by atoms with Crippen molar-refractivity contribution in [2.75, 3.05) is 19.3 Å². The fourth-order valence-electron chi connectivity index (χ4n) is 3.62. The number of halogens is 1. The van der Waals surface area contributed by atoms with Gasteiger partial charge in [0.25, 0.3) is 5.91 Å². The van der Waals surface area contributed by atoms with E-state index >= 15 is 0 Å². The minimum Gasteiger partial charge on any atom is -0.341 e. The predicted octanol–water partition coefficient (Wildman–Crippen LogP) is 2.31. The number of aromatic nitrogens is 2. The van der Waals surface area contributed by atoms with Gasteiger partial charge in [0.2, 0.25) is 10.0 Å². The van der Waals surface area contributed by atoms with Crippen molar-refractivity contribution in [2.24, 2.45) is 5.92 Å². The number of hydrogen-bond donors (Lipinski definition) is 2. The van der Waals surface area contributed by atoms with Gasteiger partial charge in [-0.25, -0.2) is 22.5 Å². The quantitative estimate of drug-likeness (QED) is 0.794. The Morgan fingerprint density at radius 2 is 2.04 bits per heavy atom. The lowest BCUT2D eigenvalue weighted by Crippen LogP contribution is -2.52. The zero-order valence-corrected chi connectivity index (χ0v) is 17.0. The number of likely N-dealkylation sites (tertiary alicyclic amines) is 1. The van der Waals surface area contributed by atoms with Gasteiger partial charge in [-0.15, -0.1) is 0 Å². The Morgan fingerprint density at radius 3 is 2.64 bits per heavy atom. The van der Waals surface area contributed by atoms with E-state index in [1.165, 1.54) is 12.1 Å². The molecule has 3 rings (SSSR count). The van der Waals surface area contributed by atoms with Gasteiger partial charge >= 0.3 is 0 Å². The number of rotatable bonds is 5. The average Bonchev–Trinajstić information content (AvgIpc) is 3.02. The molecule has 9 heteroatoms. The fraction of sp³-hybridized carbons (Fsp3) is 0.474. The lowest BCUT2D eigenvalue weighted by molar-refractivity contribution is 0.0635. The third kappa shape index (κ3) is 4.59. The number of hydrogen-bond acceptors (Lipinski definition) is 4. The molecule has 2 aromatic rings. The molecule has 0 spiro atoms. The van der Waals surface area contributed by atoms with Gasteiger partial charge in [0.1, 0.15) is 17.3 Å². The van der Waals surface area contributed by atoms with Crippen LogP contribution >= 0.6 is 0 Å². The minimum absolute atomic E-state index is 0.0447. The molecule has 1 saturated heterocycles. The van der Waals surface area contributed by atoms with Gasteiger partial charge in [0, 0.05) is 30.4 Å². The summed E-state index contributed by atoms with van der Waals surface area (Å²) in [5.41, 5.74) is 1.68. The van der Waals surface area contributed by atoms with Crippen LogP contribution in [0.1, 0.15) is 35.9 Å². The van der Waals surface area contributed by atoms with Crippen LogP contribution in [0.5, 0.6) is 0 Å². The van der Waals surface area contributed by atoms with Crippen LogP contribution in [0.2, 0.25) is 0 Å². The first kappa shape index (κ1) is 20.5. The zero-order valence-electron chi connectivity index (χ0n) is 16.2. The average molecular weight is 408 g/mol. The molecule has 0 aliphatic carbocycles. The van der Waals surface area contributed by atoms with Crippen molar-refractivity contribution in [3.05, 3.63) is 41.5 Å². The highest BCUT2D eigenvalue weighted by atomic mass is 32.2. The van der Waals surface area contributed by atoms with Crippen molar-refractivity contribution in [3.8, 4) is 11.4 Å². The molecule has 1 aromatic carbocycles. The Hall–Kier alpha value is -2.26. The maximum absolute atomic E-state index is 13.1. The van der Waals surface area contributed by atoms with Crippen molar-refractivity contribution in [2.45, 2.75) is 32.7 Å². The van der Waals surface area contributed by atoms with Crippen LogP contribution in [0.15, 0.2) is 24.3 Å². The van der Waals surface area contributed by atoms with Gasteiger partial charge in [-0.3, -0.25) is 4.79 Å². The summed E-state index contributed by atoms with van der Waals surface area (Å²) in [4.78, 5) is 22.3. The standard InChI is InChI=1S/C19H25FN4O3S/c1-4-13-11-24(10-9-16(13)23-28(3,26)27)19(25)17-12(2)21-18(22-17)14-5-7-15(20)8-6-14/h5-8,13,16,23H,4,9-11H2,1-3H3,(H,21,22)/t13-,16+/m1/s1. The monoisotopic (exact) mass is 408 g/mol. The van der Waals surface area contributed by atoms with Crippen LogP contribution < -0.4 is 4.72 Å². The van der Waals surface area contributed by atoms with E-state index < -0.39 is 10.0 Å². The summed E-state index contributed by atoms with van der Waals surface area (Å²) in [5.74, 6) is 0.0441. The van der Waals surface area contributed by atoms with Crippen molar-refractivity contribution < 1.29 is 17.6 Å². The minimum atomic E-state index is -3.29. The molecule has 2 heterocycles. The summed E-state index contributed by atoms with van der Waals surface area (Å²) in [6.45, 7) is 4.70. The van der Waals surface area contributed by atoms with E-state index in [2.05, 4.69) is 14.7 Å². The van der Waals surface area contributed by atoms with Crippen molar-refractivity contribution in [3.63, 3.8) is 0 Å². The maximum Gasteiger partial charge on any atom is 0.274 e. The molecular formula is C19H25FN4O3S. The molecule has 2 atom stereocenters. The summed E-state index contributed by atoms with van der Waals surface area (Å²) >= 11 is 0. The Morgan fingerprint density at radius 1 is 1.36 bits per heavy atom. The van der Waals surface area contributed by atoms with Gasteiger partial charge in [0.05, 0.1) is 6.26 Å². The lowest BCUT2D eigenvalue weighted by atomic mass is 9.90. The van der Waals surface area contributed by atoms with Crippen LogP contribution in [-0.4, -0.2) is 54.6 Å². The highest BCUT2D eigenvalue weighted by molar-refractivity contribution is 7.88.